The summed E-state index contributed by atoms with van der Waals surface area (Å²) in [5, 5.41) is 83.1. The molecule has 5 aliphatic rings. The molecule has 0 saturated heterocycles. The van der Waals surface area contributed by atoms with Crippen LogP contribution < -0.4 is 42.5 Å². The number of fused-ring (bicyclic) bond motifs is 1. The van der Waals surface area contributed by atoms with Gasteiger partial charge in [-0.25, -0.2) is 19.9 Å². The first-order chi connectivity index (χ1) is 55.0. The third kappa shape index (κ3) is 24.8. The maximum atomic E-state index is 10.2. The standard InChI is InChI=1S/C25H31N5.C22H30N6.C20H29N7O2.C20H29N7O.4H2/c1-17-8-9-22(14-25(17,2)3)29-23-21(15-26)16-28-24(30-23)27-11-10-18-12-19-6-4-5-7-20(19)13-18;1-15-5-8-19(11-22(15,3)4)27-20-18(12-23)14-26-21(28-20)24-10-9-17-7-6-16(2)25-13-17;1-13-5-6-15(9-20(13,2)3)24-18-14(10-21)11-23-19(26-18)22-8-7-17-25-16(12-28-4)27-29-17;1-13-9-14(2)27(26-13)8-7-22-19-23-12-15(11-21)18(25-19)24-16-5-6-17(28)20(3,4)10-16;;;;/h4-7,12,16-17,22H,8-11,13-14H2,1-3H3,(H2,27,28,29,30);6-7,13-15,19H,5,8-11H2,1-4H3,(H2,24,26,27,28);11,13,15H,5-9,12H2,1-4H3,(H2,22,23,24,26);9,12,16-17,28H,5-8,10H2,1-4H3,(H2,22,23,24,25);4*1H/t17-,22+;15-,19+;13-,15+;16-,17+;;;;/m0001..../s1. The molecule has 115 heavy (non-hydrogen) atoms. The summed E-state index contributed by atoms with van der Waals surface area (Å²) < 4.78 is 12.1. The van der Waals surface area contributed by atoms with Crippen LogP contribution in [0.25, 0.3) is 6.08 Å². The molecule has 7 heterocycles. The zero-order valence-corrected chi connectivity index (χ0v) is 70.0. The molecule has 5 aliphatic carbocycles. The van der Waals surface area contributed by atoms with Crippen LogP contribution in [0.4, 0.5) is 47.1 Å². The first-order valence-electron chi connectivity index (χ1n) is 40.8. The minimum absolute atomic E-state index is 0. The van der Waals surface area contributed by atoms with Gasteiger partial charge < -0.3 is 56.9 Å². The third-order valence-electron chi connectivity index (χ3n) is 24.0. The van der Waals surface area contributed by atoms with Crippen molar-refractivity contribution in [1.82, 2.24) is 64.8 Å². The minimum Gasteiger partial charge on any atom is -0.393 e. The average Bonchev–Trinajstić information content (AvgIpc) is 1.64. The molecule has 28 heteroatoms. The molecule has 8 atom stereocenters. The van der Waals surface area contributed by atoms with Crippen molar-refractivity contribution in [2.75, 3.05) is 75.8 Å². The van der Waals surface area contributed by atoms with E-state index in [2.05, 4.69) is 239 Å². The number of hydrogen-bond donors (Lipinski definition) is 9. The summed E-state index contributed by atoms with van der Waals surface area (Å²) in [6, 6.07) is 24.6. The van der Waals surface area contributed by atoms with Crippen molar-refractivity contribution < 1.29 is 20.1 Å². The van der Waals surface area contributed by atoms with Crippen molar-refractivity contribution in [3.05, 3.63) is 147 Å². The number of methoxy groups -OCH3 is 1. The van der Waals surface area contributed by atoms with Crippen molar-refractivity contribution in [2.24, 2.45) is 39.4 Å². The number of ether oxygens (including phenoxy) is 1. The van der Waals surface area contributed by atoms with Crippen LogP contribution >= 0.6 is 0 Å². The van der Waals surface area contributed by atoms with Gasteiger partial charge in [0.05, 0.1) is 43.1 Å². The predicted molar refractivity (Wildman–Crippen MR) is 459 cm³/mol. The summed E-state index contributed by atoms with van der Waals surface area (Å²) in [4.78, 5) is 43.9. The van der Waals surface area contributed by atoms with Crippen LogP contribution in [0.15, 0.2) is 83.5 Å². The Bertz CT molecular complexity index is 4760. The summed E-state index contributed by atoms with van der Waals surface area (Å²) >= 11 is 0. The Kier molecular flexibility index (Phi) is 30.0. The number of aryl methyl sites for hydroxylation is 3. The number of aliphatic hydroxyl groups is 1. The zero-order valence-electron chi connectivity index (χ0n) is 70.0. The normalized spacial score (nSPS) is 21.2. The molecular weight excluding hydrogens is 1440 g/mol. The van der Waals surface area contributed by atoms with Crippen LogP contribution in [0.5, 0.6) is 0 Å². The number of rotatable bonds is 26. The number of pyridine rings is 1. The smallest absolute Gasteiger partial charge is 0.228 e. The largest absolute Gasteiger partial charge is 0.393 e. The van der Waals surface area contributed by atoms with E-state index in [4.69, 9.17) is 9.26 Å². The molecule has 7 aromatic heterocycles. The number of nitrogens with zero attached hydrogens (tertiary/aromatic N) is 17. The van der Waals surface area contributed by atoms with Gasteiger partial charge in [-0.3, -0.25) is 9.67 Å². The maximum Gasteiger partial charge on any atom is 0.228 e. The number of nitriles is 4. The molecule has 8 aromatic rings. The van der Waals surface area contributed by atoms with Gasteiger partial charge in [-0.15, -0.1) is 0 Å². The highest BCUT2D eigenvalue weighted by molar-refractivity contribution is 5.64. The predicted octanol–water partition coefficient (Wildman–Crippen LogP) is 16.5. The molecule has 0 unspecified atom stereocenters. The average molecular weight is 1570 g/mol. The van der Waals surface area contributed by atoms with Crippen LogP contribution in [-0.4, -0.2) is 133 Å². The fourth-order valence-corrected chi connectivity index (χ4v) is 15.7. The molecule has 0 amide bonds. The summed E-state index contributed by atoms with van der Waals surface area (Å²) in [5.74, 6) is 7.64. The van der Waals surface area contributed by atoms with Crippen molar-refractivity contribution in [3.8, 4) is 24.3 Å². The molecule has 0 bridgehead atoms. The Labute approximate surface area is 685 Å². The van der Waals surface area contributed by atoms with Crippen molar-refractivity contribution in [3.63, 3.8) is 0 Å². The molecule has 4 saturated carbocycles. The van der Waals surface area contributed by atoms with E-state index in [1.807, 2.05) is 43.8 Å². The van der Waals surface area contributed by atoms with Crippen LogP contribution in [-0.2, 0) is 37.2 Å². The van der Waals surface area contributed by atoms with Gasteiger partial charge in [-0.2, -0.15) is 51.1 Å². The number of aromatic nitrogens is 13. The molecule has 9 N–H and O–H groups in total. The van der Waals surface area contributed by atoms with Gasteiger partial charge in [-0.05, 0) is 185 Å². The fourth-order valence-electron chi connectivity index (χ4n) is 15.7. The molecule has 0 aliphatic heterocycles. The highest BCUT2D eigenvalue weighted by Crippen LogP contribution is 2.44. The van der Waals surface area contributed by atoms with Gasteiger partial charge >= 0.3 is 0 Å². The maximum absolute atomic E-state index is 10.2. The van der Waals surface area contributed by atoms with E-state index >= 15 is 0 Å². The van der Waals surface area contributed by atoms with E-state index < -0.39 is 0 Å². The first kappa shape index (κ1) is 86.5. The highest BCUT2D eigenvalue weighted by atomic mass is 16.5. The molecule has 0 radical (unpaired) electrons. The second-order valence-corrected chi connectivity index (χ2v) is 34.6. The Morgan fingerprint density at radius 3 is 1.36 bits per heavy atom. The third-order valence-corrected chi connectivity index (χ3v) is 24.0. The van der Waals surface area contributed by atoms with Crippen LogP contribution in [0, 0.1) is 106 Å². The monoisotopic (exact) mass is 1570 g/mol. The SMILES string of the molecule is COCc1noc(CCNc2ncc(C#N)c(N[C@@H]3CC[C@H](C)C(C)(C)C3)n2)n1.C[C@H]1CC[C@@H](Nc2nc(NCCC3=Cc4ccccc4C3)ncc2C#N)CC1(C)C.Cc1cc(C)n(CCNc2ncc(C#N)c(N[C@@H]3CC[C@H](O)C(C)(C)C3)n2)n1.Cc1ccc(CCNc2ncc(C#N)c(N[C@@H]3CC[C@H](C)C(C)(C)C3)n2)cn1.[HH].[HH].[HH].[HH]. The fraction of sp³-hybridized carbons (Fsp3) is 0.563. The lowest BCUT2D eigenvalue weighted by Gasteiger charge is -2.41. The van der Waals surface area contributed by atoms with Gasteiger partial charge in [0, 0.05) is 87.2 Å². The number of nitrogens with one attached hydrogen (secondary N) is 8. The molecule has 28 nitrogen and oxygen atoms in total. The number of aliphatic hydroxyl groups excluding tert-OH is 1. The Morgan fingerprint density at radius 1 is 0.513 bits per heavy atom. The topological polar surface area (TPSA) is 394 Å². The van der Waals surface area contributed by atoms with Crippen LogP contribution in [0.2, 0.25) is 0 Å². The molecule has 0 spiro atoms. The Balaban J connectivity index is 0.000000243. The van der Waals surface area contributed by atoms with E-state index in [1.165, 1.54) is 35.1 Å². The molecule has 1 aromatic carbocycles. The molecule has 4 fully saturated rings. The molecular formula is C87H127N25O3. The van der Waals surface area contributed by atoms with Crippen LogP contribution in [0.1, 0.15) is 233 Å². The number of benzene rings is 1. The van der Waals surface area contributed by atoms with Gasteiger partial charge in [0.1, 0.15) is 76.4 Å². The summed E-state index contributed by atoms with van der Waals surface area (Å²) in [5.41, 5.74) is 11.0. The van der Waals surface area contributed by atoms with Gasteiger partial charge in [0.2, 0.25) is 29.7 Å². The number of hydrogen-bond acceptors (Lipinski definition) is 27. The first-order valence-corrected chi connectivity index (χ1v) is 40.8. The van der Waals surface area contributed by atoms with Crippen LogP contribution in [0.3, 0.4) is 0 Å². The van der Waals surface area contributed by atoms with Gasteiger partial charge in [-0.1, -0.05) is 123 Å². The summed E-state index contributed by atoms with van der Waals surface area (Å²) in [7, 11) is 1.58. The highest BCUT2D eigenvalue weighted by Gasteiger charge is 2.39. The van der Waals surface area contributed by atoms with Crippen molar-refractivity contribution in [1.29, 1.82) is 21.0 Å². The molecule has 13 rings (SSSR count). The lowest BCUT2D eigenvalue weighted by Crippen LogP contribution is -2.41. The lowest BCUT2D eigenvalue weighted by atomic mass is 9.68. The van der Waals surface area contributed by atoms with E-state index in [-0.39, 0.29) is 28.7 Å². The van der Waals surface area contributed by atoms with Gasteiger partial charge in [0.15, 0.2) is 5.82 Å². The zero-order chi connectivity index (χ0) is 82.5. The minimum atomic E-state index is -0.294. The second kappa shape index (κ2) is 39.9. The Morgan fingerprint density at radius 2 is 0.948 bits per heavy atom. The Hall–Kier alpha value is -10.9. The van der Waals surface area contributed by atoms with E-state index in [0.717, 1.165) is 107 Å². The number of anilines is 8. The van der Waals surface area contributed by atoms with E-state index in [0.29, 0.717) is 167 Å². The second-order valence-electron chi connectivity index (χ2n) is 34.6. The van der Waals surface area contributed by atoms with Crippen molar-refractivity contribution >= 4 is 53.1 Å². The summed E-state index contributed by atoms with van der Waals surface area (Å²) in [6.45, 7) is 34.7. The van der Waals surface area contributed by atoms with E-state index in [9.17, 15) is 26.2 Å². The van der Waals surface area contributed by atoms with Gasteiger partial charge in [0.25, 0.3) is 0 Å². The lowest BCUT2D eigenvalue weighted by molar-refractivity contribution is 0.00926. The summed E-state index contributed by atoms with van der Waals surface area (Å²) in [6.07, 6.45) is 26.0. The van der Waals surface area contributed by atoms with E-state index in [1.54, 1.807) is 31.9 Å². The molecule has 618 valence electrons. The van der Waals surface area contributed by atoms with Crippen molar-refractivity contribution in [2.45, 2.75) is 243 Å². The quantitative estimate of drug-likeness (QED) is 0.0243.